The van der Waals surface area contributed by atoms with Crippen molar-refractivity contribution in [1.82, 2.24) is 9.21 Å². The summed E-state index contributed by atoms with van der Waals surface area (Å²) in [5.41, 5.74) is 1.72. The minimum Gasteiger partial charge on any atom is -0.339 e. The number of benzene rings is 2. The Kier molecular flexibility index (Phi) is 7.54. The first-order valence-corrected chi connectivity index (χ1v) is 13.4. The lowest BCUT2D eigenvalue weighted by Crippen LogP contribution is -2.39. The van der Waals surface area contributed by atoms with Crippen LogP contribution in [0.1, 0.15) is 54.4 Å². The normalized spacial score (nSPS) is 19.0. The molecule has 4 rings (SSSR count). The number of nitrogens with zero attached hydrogens (tertiary/aromatic N) is 2. The molecule has 0 spiro atoms. The number of carbonyl (C=O) groups is 1. The number of halogens is 1. The van der Waals surface area contributed by atoms with E-state index in [0.29, 0.717) is 37.7 Å². The van der Waals surface area contributed by atoms with Crippen molar-refractivity contribution in [3.63, 3.8) is 0 Å². The van der Waals surface area contributed by atoms with Gasteiger partial charge in [0.2, 0.25) is 10.0 Å². The molecule has 0 unspecified atom stereocenters. The molecule has 7 heteroatoms. The van der Waals surface area contributed by atoms with Crippen molar-refractivity contribution in [1.29, 1.82) is 0 Å². The second-order valence-corrected chi connectivity index (χ2v) is 11.2. The first-order valence-electron chi connectivity index (χ1n) is 11.6. The van der Waals surface area contributed by atoms with Crippen LogP contribution in [0, 0.1) is 5.92 Å². The molecule has 2 aliphatic rings. The molecule has 2 aromatic carbocycles. The average molecular weight is 475 g/mol. The standard InChI is InChI=1S/C25H31ClN2O3S/c26-23-11-10-22(19-24(23)32(30,31)28-14-6-1-2-7-15-28)25(29)27-16-12-21(13-17-27)18-20-8-4-3-5-9-20/h3-5,8-11,19,21H,1-2,6-7,12-18H2. The minimum atomic E-state index is -3.72. The maximum Gasteiger partial charge on any atom is 0.253 e. The maximum absolute atomic E-state index is 13.2. The molecule has 0 aliphatic carbocycles. The van der Waals surface area contributed by atoms with Gasteiger partial charge in [-0.1, -0.05) is 54.8 Å². The third-order valence-corrected chi connectivity index (χ3v) is 9.01. The summed E-state index contributed by atoms with van der Waals surface area (Å²) in [7, 11) is -3.72. The highest BCUT2D eigenvalue weighted by molar-refractivity contribution is 7.89. The van der Waals surface area contributed by atoms with E-state index in [4.69, 9.17) is 11.6 Å². The molecule has 2 saturated heterocycles. The van der Waals surface area contributed by atoms with E-state index in [1.54, 1.807) is 12.1 Å². The lowest BCUT2D eigenvalue weighted by molar-refractivity contribution is 0.0690. The van der Waals surface area contributed by atoms with Gasteiger partial charge < -0.3 is 4.90 Å². The van der Waals surface area contributed by atoms with Crippen LogP contribution in [-0.4, -0.2) is 49.7 Å². The highest BCUT2D eigenvalue weighted by atomic mass is 35.5. The van der Waals surface area contributed by atoms with Crippen LogP contribution >= 0.6 is 11.6 Å². The van der Waals surface area contributed by atoms with Gasteiger partial charge in [0.1, 0.15) is 4.90 Å². The van der Waals surface area contributed by atoms with E-state index in [1.165, 1.54) is 15.9 Å². The fraction of sp³-hybridized carbons (Fsp3) is 0.480. The monoisotopic (exact) mass is 474 g/mol. The van der Waals surface area contributed by atoms with Crippen LogP contribution in [0.4, 0.5) is 0 Å². The van der Waals surface area contributed by atoms with E-state index >= 15 is 0 Å². The molecule has 32 heavy (non-hydrogen) atoms. The van der Waals surface area contributed by atoms with Crippen molar-refractivity contribution in [2.24, 2.45) is 5.92 Å². The summed E-state index contributed by atoms with van der Waals surface area (Å²) < 4.78 is 28.0. The SMILES string of the molecule is O=C(c1ccc(Cl)c(S(=O)(=O)N2CCCCCC2)c1)N1CCC(Cc2ccccc2)CC1. The van der Waals surface area contributed by atoms with Crippen molar-refractivity contribution >= 4 is 27.5 Å². The second-order valence-electron chi connectivity index (χ2n) is 8.89. The molecule has 0 N–H and O–H groups in total. The fourth-order valence-electron chi connectivity index (χ4n) is 4.73. The van der Waals surface area contributed by atoms with Crippen molar-refractivity contribution in [3.8, 4) is 0 Å². The van der Waals surface area contributed by atoms with Crippen molar-refractivity contribution in [3.05, 3.63) is 64.7 Å². The van der Waals surface area contributed by atoms with Gasteiger partial charge >= 0.3 is 0 Å². The smallest absolute Gasteiger partial charge is 0.253 e. The quantitative estimate of drug-likeness (QED) is 0.612. The van der Waals surface area contributed by atoms with Crippen LogP contribution in [0.25, 0.3) is 0 Å². The molecule has 2 aliphatic heterocycles. The first kappa shape index (κ1) is 23.3. The van der Waals surface area contributed by atoms with Gasteiger partial charge in [-0.15, -0.1) is 0 Å². The van der Waals surface area contributed by atoms with Crippen LogP contribution in [0.2, 0.25) is 5.02 Å². The zero-order valence-electron chi connectivity index (χ0n) is 18.4. The van der Waals surface area contributed by atoms with Crippen LogP contribution in [-0.2, 0) is 16.4 Å². The van der Waals surface area contributed by atoms with E-state index in [1.807, 2.05) is 11.0 Å². The highest BCUT2D eigenvalue weighted by Crippen LogP contribution is 2.29. The predicted octanol–water partition coefficient (Wildman–Crippen LogP) is 5.00. The Hall–Kier alpha value is -1.89. The molecular formula is C25H31ClN2O3S. The molecule has 0 atom stereocenters. The Morgan fingerprint density at radius 2 is 1.56 bits per heavy atom. The van der Waals surface area contributed by atoms with Gasteiger partial charge in [-0.05, 0) is 61.8 Å². The average Bonchev–Trinajstić information content (AvgIpc) is 3.10. The predicted molar refractivity (Wildman–Crippen MR) is 127 cm³/mol. The molecule has 172 valence electrons. The molecular weight excluding hydrogens is 444 g/mol. The largest absolute Gasteiger partial charge is 0.339 e. The van der Waals surface area contributed by atoms with Crippen molar-refractivity contribution < 1.29 is 13.2 Å². The summed E-state index contributed by atoms with van der Waals surface area (Å²) in [5.74, 6) is 0.442. The summed E-state index contributed by atoms with van der Waals surface area (Å²) >= 11 is 6.30. The number of amides is 1. The minimum absolute atomic E-state index is 0.0471. The number of hydrogen-bond donors (Lipinski definition) is 0. The Balaban J connectivity index is 1.44. The molecule has 0 bridgehead atoms. The number of rotatable bonds is 5. The van der Waals surface area contributed by atoms with Gasteiger partial charge in [0.15, 0.2) is 0 Å². The van der Waals surface area contributed by atoms with Crippen molar-refractivity contribution in [2.75, 3.05) is 26.2 Å². The molecule has 2 aromatic rings. The van der Waals surface area contributed by atoms with E-state index in [-0.39, 0.29) is 15.8 Å². The van der Waals surface area contributed by atoms with Gasteiger partial charge in [0, 0.05) is 31.7 Å². The first-order chi connectivity index (χ1) is 15.4. The van der Waals surface area contributed by atoms with Gasteiger partial charge in [-0.25, -0.2) is 8.42 Å². The van der Waals surface area contributed by atoms with Gasteiger partial charge in [-0.2, -0.15) is 4.31 Å². The molecule has 0 radical (unpaired) electrons. The lowest BCUT2D eigenvalue weighted by atomic mass is 9.90. The Bertz CT molecular complexity index is 1030. The van der Waals surface area contributed by atoms with Crippen LogP contribution in [0.3, 0.4) is 0 Å². The topological polar surface area (TPSA) is 57.7 Å². The summed E-state index contributed by atoms with van der Waals surface area (Å²) in [6.07, 6.45) is 6.72. The van der Waals surface area contributed by atoms with E-state index in [0.717, 1.165) is 44.9 Å². The number of likely N-dealkylation sites (tertiary alicyclic amines) is 1. The zero-order valence-corrected chi connectivity index (χ0v) is 20.0. The fourth-order valence-corrected chi connectivity index (χ4v) is 6.74. The Labute approximate surface area is 196 Å². The molecule has 1 amide bonds. The summed E-state index contributed by atoms with van der Waals surface area (Å²) in [4.78, 5) is 15.0. The molecule has 0 aromatic heterocycles. The van der Waals surface area contributed by atoms with E-state index < -0.39 is 10.0 Å². The van der Waals surface area contributed by atoms with Crippen LogP contribution in [0.15, 0.2) is 53.4 Å². The Morgan fingerprint density at radius 1 is 0.906 bits per heavy atom. The second kappa shape index (κ2) is 10.4. The third kappa shape index (κ3) is 5.36. The molecule has 2 heterocycles. The summed E-state index contributed by atoms with van der Waals surface area (Å²) in [6, 6.07) is 15.1. The number of piperidine rings is 1. The third-order valence-electron chi connectivity index (χ3n) is 6.63. The van der Waals surface area contributed by atoms with Crippen molar-refractivity contribution in [2.45, 2.75) is 49.8 Å². The summed E-state index contributed by atoms with van der Waals surface area (Å²) in [5, 5.41) is 0.173. The zero-order chi connectivity index (χ0) is 22.6. The van der Waals surface area contributed by atoms with Gasteiger partial charge in [0.25, 0.3) is 5.91 Å². The van der Waals surface area contributed by atoms with E-state index in [9.17, 15) is 13.2 Å². The van der Waals surface area contributed by atoms with Crippen LogP contribution < -0.4 is 0 Å². The van der Waals surface area contributed by atoms with Crippen LogP contribution in [0.5, 0.6) is 0 Å². The van der Waals surface area contributed by atoms with Gasteiger partial charge in [-0.3, -0.25) is 4.79 Å². The van der Waals surface area contributed by atoms with E-state index in [2.05, 4.69) is 24.3 Å². The maximum atomic E-state index is 13.2. The molecule has 2 fully saturated rings. The molecule has 5 nitrogen and oxygen atoms in total. The highest BCUT2D eigenvalue weighted by Gasteiger charge is 2.30. The van der Waals surface area contributed by atoms with Gasteiger partial charge in [0.05, 0.1) is 5.02 Å². The Morgan fingerprint density at radius 3 is 2.22 bits per heavy atom. The summed E-state index contributed by atoms with van der Waals surface area (Å²) in [6.45, 7) is 2.39. The number of carbonyl (C=O) groups excluding carboxylic acids is 1. The number of hydrogen-bond acceptors (Lipinski definition) is 3. The lowest BCUT2D eigenvalue weighted by Gasteiger charge is -2.32. The molecule has 0 saturated carbocycles. The number of sulfonamides is 1.